The fourth-order valence-corrected chi connectivity index (χ4v) is 4.11. The molecular weight excluding hydrogens is 160 g/mol. The average Bonchev–Trinajstić information content (AvgIpc) is 2.27. The molecular formula is C12H22O. The van der Waals surface area contributed by atoms with Crippen molar-refractivity contribution in [2.24, 2.45) is 16.7 Å². The fraction of sp³-hybridized carbons (Fsp3) is 1.00. The van der Waals surface area contributed by atoms with Crippen molar-refractivity contribution in [3.63, 3.8) is 0 Å². The summed E-state index contributed by atoms with van der Waals surface area (Å²) in [5, 5.41) is 10.0. The lowest BCUT2D eigenvalue weighted by atomic mass is 9.57. The van der Waals surface area contributed by atoms with E-state index in [0.717, 1.165) is 6.42 Å². The van der Waals surface area contributed by atoms with E-state index in [1.165, 1.54) is 25.7 Å². The van der Waals surface area contributed by atoms with Gasteiger partial charge in [0.15, 0.2) is 0 Å². The number of fused-ring (bicyclic) bond motifs is 1. The van der Waals surface area contributed by atoms with Gasteiger partial charge in [-0.1, -0.05) is 27.2 Å². The lowest BCUT2D eigenvalue weighted by molar-refractivity contribution is -0.0359. The third-order valence-electron chi connectivity index (χ3n) is 4.56. The van der Waals surface area contributed by atoms with Gasteiger partial charge in [-0.25, -0.2) is 0 Å². The first-order valence-corrected chi connectivity index (χ1v) is 5.64. The summed E-state index contributed by atoms with van der Waals surface area (Å²) in [7, 11) is 0. The van der Waals surface area contributed by atoms with E-state index in [1.807, 2.05) is 0 Å². The molecule has 0 bridgehead atoms. The van der Waals surface area contributed by atoms with Crippen LogP contribution in [0.5, 0.6) is 0 Å². The SMILES string of the molecule is CC1(C)CCC[C@@]2(C)CC[C@@H](O)[C@@H]12. The van der Waals surface area contributed by atoms with Crippen LogP contribution >= 0.6 is 0 Å². The Morgan fingerprint density at radius 2 is 1.77 bits per heavy atom. The molecule has 0 aromatic rings. The largest absolute Gasteiger partial charge is 0.393 e. The van der Waals surface area contributed by atoms with E-state index < -0.39 is 0 Å². The molecule has 0 spiro atoms. The molecule has 0 saturated heterocycles. The predicted molar refractivity (Wildman–Crippen MR) is 54.5 cm³/mol. The average molecular weight is 182 g/mol. The Morgan fingerprint density at radius 1 is 1.08 bits per heavy atom. The molecule has 1 N–H and O–H groups in total. The van der Waals surface area contributed by atoms with E-state index in [-0.39, 0.29) is 6.10 Å². The second-order valence-electron chi connectivity index (χ2n) is 6.08. The van der Waals surface area contributed by atoms with Crippen LogP contribution in [-0.2, 0) is 0 Å². The van der Waals surface area contributed by atoms with Gasteiger partial charge in [0.1, 0.15) is 0 Å². The van der Waals surface area contributed by atoms with Crippen LogP contribution in [0.4, 0.5) is 0 Å². The Bertz CT molecular complexity index is 205. The molecule has 2 rings (SSSR count). The van der Waals surface area contributed by atoms with Crippen molar-refractivity contribution in [2.45, 2.75) is 59.0 Å². The zero-order chi connectivity index (χ0) is 9.69. The summed E-state index contributed by atoms with van der Waals surface area (Å²) in [6, 6.07) is 0. The molecule has 0 unspecified atom stereocenters. The van der Waals surface area contributed by atoms with Gasteiger partial charge in [-0.05, 0) is 42.4 Å². The number of rotatable bonds is 0. The van der Waals surface area contributed by atoms with Crippen molar-refractivity contribution in [1.82, 2.24) is 0 Å². The molecule has 2 aliphatic carbocycles. The van der Waals surface area contributed by atoms with Gasteiger partial charge in [0, 0.05) is 0 Å². The first-order chi connectivity index (χ1) is 5.96. The Hall–Kier alpha value is -0.0400. The molecule has 0 aliphatic heterocycles. The van der Waals surface area contributed by atoms with Crippen LogP contribution in [0, 0.1) is 16.7 Å². The first kappa shape index (κ1) is 9.51. The zero-order valence-corrected chi connectivity index (χ0v) is 9.14. The van der Waals surface area contributed by atoms with Crippen LogP contribution in [0.15, 0.2) is 0 Å². The highest BCUT2D eigenvalue weighted by molar-refractivity contribution is 5.03. The Balaban J connectivity index is 2.30. The third-order valence-corrected chi connectivity index (χ3v) is 4.56. The van der Waals surface area contributed by atoms with Crippen molar-refractivity contribution >= 4 is 0 Å². The number of hydrogen-bond donors (Lipinski definition) is 1. The molecule has 2 aliphatic rings. The highest BCUT2D eigenvalue weighted by Crippen LogP contribution is 2.59. The molecule has 0 aromatic heterocycles. The molecule has 0 aromatic carbocycles. The minimum atomic E-state index is -0.0275. The molecule has 0 radical (unpaired) electrons. The predicted octanol–water partition coefficient (Wildman–Crippen LogP) is 2.97. The number of aliphatic hydroxyl groups excluding tert-OH is 1. The normalized spacial score (nSPS) is 48.9. The maximum Gasteiger partial charge on any atom is 0.0578 e. The smallest absolute Gasteiger partial charge is 0.0578 e. The Labute approximate surface area is 81.5 Å². The fourth-order valence-electron chi connectivity index (χ4n) is 4.11. The van der Waals surface area contributed by atoms with Gasteiger partial charge in [0.05, 0.1) is 6.10 Å². The maximum atomic E-state index is 10.0. The van der Waals surface area contributed by atoms with Crippen molar-refractivity contribution in [1.29, 1.82) is 0 Å². The van der Waals surface area contributed by atoms with Gasteiger partial charge in [-0.2, -0.15) is 0 Å². The van der Waals surface area contributed by atoms with E-state index in [0.29, 0.717) is 16.7 Å². The number of hydrogen-bond acceptors (Lipinski definition) is 1. The third kappa shape index (κ3) is 1.32. The molecule has 3 atom stereocenters. The summed E-state index contributed by atoms with van der Waals surface area (Å²) in [6.45, 7) is 7.06. The van der Waals surface area contributed by atoms with E-state index >= 15 is 0 Å². The van der Waals surface area contributed by atoms with Gasteiger partial charge < -0.3 is 5.11 Å². The lowest BCUT2D eigenvalue weighted by Crippen LogP contribution is -2.43. The molecule has 2 fully saturated rings. The molecule has 0 heterocycles. The monoisotopic (exact) mass is 182 g/mol. The highest BCUT2D eigenvalue weighted by atomic mass is 16.3. The van der Waals surface area contributed by atoms with E-state index in [1.54, 1.807) is 0 Å². The lowest BCUT2D eigenvalue weighted by Gasteiger charge is -2.48. The molecule has 1 nitrogen and oxygen atoms in total. The van der Waals surface area contributed by atoms with Crippen LogP contribution in [0.2, 0.25) is 0 Å². The van der Waals surface area contributed by atoms with Crippen molar-refractivity contribution in [3.05, 3.63) is 0 Å². The van der Waals surface area contributed by atoms with Crippen LogP contribution in [0.25, 0.3) is 0 Å². The standard InChI is InChI=1S/C12H22O/c1-11(2)6-4-7-12(3)8-5-9(13)10(11)12/h9-10,13H,4-8H2,1-3H3/t9-,10+,12+/m1/s1. The van der Waals surface area contributed by atoms with Gasteiger partial charge in [0.2, 0.25) is 0 Å². The maximum absolute atomic E-state index is 10.0. The van der Waals surface area contributed by atoms with Gasteiger partial charge in [-0.3, -0.25) is 0 Å². The second kappa shape index (κ2) is 2.73. The first-order valence-electron chi connectivity index (χ1n) is 5.64. The quantitative estimate of drug-likeness (QED) is 0.610. The molecule has 2 saturated carbocycles. The minimum absolute atomic E-state index is 0.0275. The van der Waals surface area contributed by atoms with Crippen LogP contribution in [-0.4, -0.2) is 11.2 Å². The molecule has 1 heteroatoms. The second-order valence-corrected chi connectivity index (χ2v) is 6.08. The summed E-state index contributed by atoms with van der Waals surface area (Å²) in [4.78, 5) is 0. The van der Waals surface area contributed by atoms with E-state index in [9.17, 15) is 5.11 Å². The van der Waals surface area contributed by atoms with Crippen LogP contribution in [0.3, 0.4) is 0 Å². The van der Waals surface area contributed by atoms with Crippen molar-refractivity contribution < 1.29 is 5.11 Å². The van der Waals surface area contributed by atoms with Gasteiger partial charge in [-0.15, -0.1) is 0 Å². The van der Waals surface area contributed by atoms with Crippen LogP contribution in [0.1, 0.15) is 52.9 Å². The molecule has 76 valence electrons. The minimum Gasteiger partial charge on any atom is -0.393 e. The Morgan fingerprint density at radius 3 is 2.38 bits per heavy atom. The molecule has 13 heavy (non-hydrogen) atoms. The van der Waals surface area contributed by atoms with Crippen molar-refractivity contribution in [2.75, 3.05) is 0 Å². The summed E-state index contributed by atoms with van der Waals surface area (Å²) < 4.78 is 0. The summed E-state index contributed by atoms with van der Waals surface area (Å²) >= 11 is 0. The Kier molecular flexibility index (Phi) is 1.99. The van der Waals surface area contributed by atoms with Crippen LogP contribution < -0.4 is 0 Å². The number of aliphatic hydroxyl groups is 1. The highest BCUT2D eigenvalue weighted by Gasteiger charge is 2.53. The molecule has 0 amide bonds. The summed E-state index contributed by atoms with van der Waals surface area (Å²) in [5.74, 6) is 0.550. The summed E-state index contributed by atoms with van der Waals surface area (Å²) in [5.41, 5.74) is 0.810. The summed E-state index contributed by atoms with van der Waals surface area (Å²) in [6.07, 6.45) is 6.22. The topological polar surface area (TPSA) is 20.2 Å². The van der Waals surface area contributed by atoms with Crippen molar-refractivity contribution in [3.8, 4) is 0 Å². The van der Waals surface area contributed by atoms with E-state index in [2.05, 4.69) is 20.8 Å². The zero-order valence-electron chi connectivity index (χ0n) is 9.14. The van der Waals surface area contributed by atoms with E-state index in [4.69, 9.17) is 0 Å². The van der Waals surface area contributed by atoms with Gasteiger partial charge in [0.25, 0.3) is 0 Å². The van der Waals surface area contributed by atoms with Gasteiger partial charge >= 0.3 is 0 Å².